The third-order valence-corrected chi connectivity index (χ3v) is 5.10. The van der Waals surface area contributed by atoms with Gasteiger partial charge in [0.05, 0.1) is 18.1 Å². The number of anilines is 1. The van der Waals surface area contributed by atoms with E-state index in [1.54, 1.807) is 18.7 Å². The summed E-state index contributed by atoms with van der Waals surface area (Å²) in [6.07, 6.45) is 1.36. The Bertz CT molecular complexity index is 766. The number of alkyl halides is 3. The number of hydrogen-bond donors (Lipinski definition) is 1. The number of unbranched alkanes of at least 4 members (excludes halogenated alkanes) is 1. The van der Waals surface area contributed by atoms with Crippen molar-refractivity contribution in [1.82, 2.24) is 14.5 Å². The minimum Gasteiger partial charge on any atom is -0.496 e. The number of hydrogen-bond acceptors (Lipinski definition) is 4. The summed E-state index contributed by atoms with van der Waals surface area (Å²) in [6.45, 7) is 2.43. The lowest BCUT2D eigenvalue weighted by Crippen LogP contribution is -2.22. The molecule has 5 nitrogen and oxygen atoms in total. The molecule has 0 unspecified atom stereocenters. The van der Waals surface area contributed by atoms with Gasteiger partial charge in [-0.2, -0.15) is 13.2 Å². The first-order valence-electron chi connectivity index (χ1n) is 9.44. The van der Waals surface area contributed by atoms with E-state index < -0.39 is 12.7 Å². The van der Waals surface area contributed by atoms with E-state index in [4.69, 9.17) is 4.74 Å². The van der Waals surface area contributed by atoms with Crippen LogP contribution in [0.5, 0.6) is 5.75 Å². The van der Waals surface area contributed by atoms with Crippen LogP contribution in [0.1, 0.15) is 31.2 Å². The van der Waals surface area contributed by atoms with E-state index in [9.17, 15) is 13.2 Å². The molecule has 0 bridgehead atoms. The van der Waals surface area contributed by atoms with Crippen molar-refractivity contribution < 1.29 is 17.9 Å². The zero-order valence-electron chi connectivity index (χ0n) is 15.9. The number of aromatic nitrogens is 2. The number of methoxy groups -OCH3 is 1. The van der Waals surface area contributed by atoms with Gasteiger partial charge in [0.2, 0.25) is 5.95 Å². The van der Waals surface area contributed by atoms with Gasteiger partial charge in [-0.3, -0.25) is 0 Å². The molecular formula is C19H27F3N4O. The molecule has 1 fully saturated rings. The summed E-state index contributed by atoms with van der Waals surface area (Å²) in [5.41, 5.74) is 2.47. The number of nitrogens with one attached hydrogen (secondary N) is 1. The smallest absolute Gasteiger partial charge is 0.405 e. The second-order valence-corrected chi connectivity index (χ2v) is 7.12. The van der Waals surface area contributed by atoms with Gasteiger partial charge in [-0.05, 0) is 63.4 Å². The van der Waals surface area contributed by atoms with Crippen LogP contribution in [0.25, 0.3) is 11.0 Å². The van der Waals surface area contributed by atoms with Gasteiger partial charge in [-0.25, -0.2) is 4.98 Å². The van der Waals surface area contributed by atoms with E-state index in [2.05, 4.69) is 15.2 Å². The molecule has 1 aliphatic rings. The number of nitrogens with zero attached hydrogens (tertiary/aromatic N) is 3. The number of rotatable bonds is 8. The highest BCUT2D eigenvalue weighted by molar-refractivity contribution is 5.81. The highest BCUT2D eigenvalue weighted by Crippen LogP contribution is 2.29. The molecule has 0 amide bonds. The third kappa shape index (κ3) is 5.06. The van der Waals surface area contributed by atoms with E-state index >= 15 is 0 Å². The fourth-order valence-electron chi connectivity index (χ4n) is 3.64. The number of imidazole rings is 1. The average molecular weight is 384 g/mol. The van der Waals surface area contributed by atoms with Crippen molar-refractivity contribution in [2.24, 2.45) is 7.05 Å². The Balaban J connectivity index is 1.69. The molecule has 27 heavy (non-hydrogen) atoms. The third-order valence-electron chi connectivity index (χ3n) is 5.10. The summed E-state index contributed by atoms with van der Waals surface area (Å²) in [6, 6.07) is 3.79. The topological polar surface area (TPSA) is 42.3 Å². The Morgan fingerprint density at radius 2 is 1.93 bits per heavy atom. The summed E-state index contributed by atoms with van der Waals surface area (Å²) in [5.74, 6) is 0.963. The van der Waals surface area contributed by atoms with Crippen molar-refractivity contribution in [3.63, 3.8) is 0 Å². The first kappa shape index (κ1) is 19.8. The van der Waals surface area contributed by atoms with E-state index in [-0.39, 0.29) is 5.95 Å². The summed E-state index contributed by atoms with van der Waals surface area (Å²) < 4.78 is 44.6. The van der Waals surface area contributed by atoms with Gasteiger partial charge in [-0.15, -0.1) is 0 Å². The molecule has 0 spiro atoms. The van der Waals surface area contributed by atoms with Crippen LogP contribution >= 0.6 is 0 Å². The maximum atomic E-state index is 12.5. The van der Waals surface area contributed by atoms with Crippen LogP contribution in [0.4, 0.5) is 19.1 Å². The standard InChI is InChI=1S/C19H27F3N4O/c1-25-16-12-17(27-2)14(7-3-4-8-26-9-5-6-10-26)11-15(16)24-18(25)23-13-19(20,21)22/h11-12H,3-10,13H2,1-2H3,(H,23,24). The molecule has 1 aromatic carbocycles. The number of fused-ring (bicyclic) bond motifs is 1. The summed E-state index contributed by atoms with van der Waals surface area (Å²) in [5, 5.41) is 2.36. The molecule has 2 heterocycles. The average Bonchev–Trinajstić information content (AvgIpc) is 3.24. The lowest BCUT2D eigenvalue weighted by atomic mass is 10.1. The number of halogens is 3. The first-order chi connectivity index (χ1) is 12.9. The SMILES string of the molecule is COc1cc2c(cc1CCCCN1CCCC1)nc(NCC(F)(F)F)n2C. The molecule has 1 N–H and O–H groups in total. The van der Waals surface area contributed by atoms with Crippen LogP contribution in [0.15, 0.2) is 12.1 Å². The first-order valence-corrected chi connectivity index (χ1v) is 9.44. The molecule has 1 aliphatic heterocycles. The lowest BCUT2D eigenvalue weighted by molar-refractivity contribution is -0.115. The van der Waals surface area contributed by atoms with Crippen LogP contribution in [0, 0.1) is 0 Å². The molecule has 0 radical (unpaired) electrons. The Labute approximate surface area is 157 Å². The summed E-state index contributed by atoms with van der Waals surface area (Å²) >= 11 is 0. The number of ether oxygens (including phenoxy) is 1. The lowest BCUT2D eigenvalue weighted by Gasteiger charge is -2.14. The predicted octanol–water partition coefficient (Wildman–Crippen LogP) is 3.97. The van der Waals surface area contributed by atoms with Crippen molar-refractivity contribution in [2.45, 2.75) is 38.3 Å². The van der Waals surface area contributed by atoms with Gasteiger partial charge in [0.25, 0.3) is 0 Å². The molecule has 0 atom stereocenters. The molecule has 150 valence electrons. The van der Waals surface area contributed by atoms with Crippen LogP contribution in [0.2, 0.25) is 0 Å². The van der Waals surface area contributed by atoms with Crippen LogP contribution in [-0.4, -0.2) is 53.9 Å². The molecule has 0 aliphatic carbocycles. The molecule has 8 heteroatoms. The fraction of sp³-hybridized carbons (Fsp3) is 0.632. The fourth-order valence-corrected chi connectivity index (χ4v) is 3.64. The van der Waals surface area contributed by atoms with Gasteiger partial charge in [0.15, 0.2) is 0 Å². The second kappa shape index (κ2) is 8.37. The Hall–Kier alpha value is -1.96. The van der Waals surface area contributed by atoms with Gasteiger partial charge >= 0.3 is 6.18 Å². The number of aryl methyl sites for hydroxylation is 2. The van der Waals surface area contributed by atoms with Crippen LogP contribution in [0.3, 0.4) is 0 Å². The van der Waals surface area contributed by atoms with Gasteiger partial charge in [0, 0.05) is 13.1 Å². The zero-order chi connectivity index (χ0) is 19.4. The van der Waals surface area contributed by atoms with Crippen molar-refractivity contribution in [3.05, 3.63) is 17.7 Å². The Morgan fingerprint density at radius 3 is 2.59 bits per heavy atom. The number of likely N-dealkylation sites (tertiary alicyclic amines) is 1. The molecular weight excluding hydrogens is 357 g/mol. The van der Waals surface area contributed by atoms with Gasteiger partial charge in [0.1, 0.15) is 12.3 Å². The van der Waals surface area contributed by atoms with Crippen molar-refractivity contribution >= 4 is 17.0 Å². The summed E-state index contributed by atoms with van der Waals surface area (Å²) in [7, 11) is 3.32. The Kier molecular flexibility index (Phi) is 6.14. The highest BCUT2D eigenvalue weighted by atomic mass is 19.4. The maximum absolute atomic E-state index is 12.5. The Morgan fingerprint density at radius 1 is 1.19 bits per heavy atom. The van der Waals surface area contributed by atoms with Crippen LogP contribution < -0.4 is 10.1 Å². The predicted molar refractivity (Wildman–Crippen MR) is 100 cm³/mol. The van der Waals surface area contributed by atoms with Crippen molar-refractivity contribution in [3.8, 4) is 5.75 Å². The van der Waals surface area contributed by atoms with Crippen LogP contribution in [-0.2, 0) is 13.5 Å². The quantitative estimate of drug-likeness (QED) is 0.700. The summed E-state index contributed by atoms with van der Waals surface area (Å²) in [4.78, 5) is 6.83. The molecule has 3 rings (SSSR count). The van der Waals surface area contributed by atoms with Crippen molar-refractivity contribution in [1.29, 1.82) is 0 Å². The molecule has 1 aromatic heterocycles. The monoisotopic (exact) mass is 384 g/mol. The minimum absolute atomic E-state index is 0.204. The zero-order valence-corrected chi connectivity index (χ0v) is 15.9. The largest absolute Gasteiger partial charge is 0.496 e. The molecule has 0 saturated carbocycles. The molecule has 1 saturated heterocycles. The van der Waals surface area contributed by atoms with Crippen molar-refractivity contribution in [2.75, 3.05) is 38.6 Å². The van der Waals surface area contributed by atoms with E-state index in [0.717, 1.165) is 42.6 Å². The number of benzene rings is 1. The van der Waals surface area contributed by atoms with E-state index in [1.807, 2.05) is 12.1 Å². The minimum atomic E-state index is -4.28. The normalized spacial score (nSPS) is 15.6. The highest BCUT2D eigenvalue weighted by Gasteiger charge is 2.27. The van der Waals surface area contributed by atoms with Gasteiger partial charge in [-0.1, -0.05) is 0 Å². The molecule has 2 aromatic rings. The van der Waals surface area contributed by atoms with Gasteiger partial charge < -0.3 is 19.5 Å². The second-order valence-electron chi connectivity index (χ2n) is 7.12. The van der Waals surface area contributed by atoms with E-state index in [0.29, 0.717) is 5.52 Å². The van der Waals surface area contributed by atoms with E-state index in [1.165, 1.54) is 25.9 Å². The maximum Gasteiger partial charge on any atom is 0.405 e.